The van der Waals surface area contributed by atoms with Gasteiger partial charge in [0.1, 0.15) is 0 Å². The highest BCUT2D eigenvalue weighted by molar-refractivity contribution is 5.15. The first kappa shape index (κ1) is 10.0. The average molecular weight is 188 g/mol. The van der Waals surface area contributed by atoms with Crippen molar-refractivity contribution in [2.75, 3.05) is 13.7 Å². The second-order valence-corrected chi connectivity index (χ2v) is 2.60. The van der Waals surface area contributed by atoms with Gasteiger partial charge in [-0.05, 0) is 11.6 Å². The Balaban J connectivity index is 2.84. The zero-order valence-corrected chi connectivity index (χ0v) is 7.13. The quantitative estimate of drug-likeness (QED) is 0.720. The van der Waals surface area contributed by atoms with Gasteiger partial charge in [0.15, 0.2) is 5.82 Å². The van der Waals surface area contributed by atoms with E-state index in [2.05, 4.69) is 4.98 Å². The van der Waals surface area contributed by atoms with E-state index in [1.54, 1.807) is 0 Å². The first-order valence-electron chi connectivity index (χ1n) is 3.70. The lowest BCUT2D eigenvalue weighted by Gasteiger charge is -2.09. The molecule has 0 spiro atoms. The van der Waals surface area contributed by atoms with Gasteiger partial charge in [0.25, 0.3) is 0 Å². The summed E-state index contributed by atoms with van der Waals surface area (Å²) in [5.74, 6) is -2.11. The van der Waals surface area contributed by atoms with Crippen molar-refractivity contribution in [2.45, 2.75) is 6.04 Å². The van der Waals surface area contributed by atoms with Crippen LogP contribution >= 0.6 is 0 Å². The normalized spacial score (nSPS) is 12.9. The zero-order valence-electron chi connectivity index (χ0n) is 7.13. The van der Waals surface area contributed by atoms with Gasteiger partial charge in [-0.15, -0.1) is 0 Å². The summed E-state index contributed by atoms with van der Waals surface area (Å²) in [6.45, 7) is 0.243. The largest absolute Gasteiger partial charge is 0.383 e. The van der Waals surface area contributed by atoms with Crippen LogP contribution in [0.4, 0.5) is 8.78 Å². The molecule has 0 aliphatic carbocycles. The number of ether oxygens (including phenoxy) is 1. The first-order valence-corrected chi connectivity index (χ1v) is 3.70. The predicted octanol–water partition coefficient (Wildman–Crippen LogP) is 1.01. The van der Waals surface area contributed by atoms with E-state index in [0.29, 0.717) is 5.56 Å². The molecule has 1 heterocycles. The lowest BCUT2D eigenvalue weighted by Crippen LogP contribution is -2.16. The molecule has 0 amide bonds. The van der Waals surface area contributed by atoms with Gasteiger partial charge < -0.3 is 10.5 Å². The van der Waals surface area contributed by atoms with Crippen molar-refractivity contribution >= 4 is 0 Å². The van der Waals surface area contributed by atoms with Crippen molar-refractivity contribution in [3.63, 3.8) is 0 Å². The summed E-state index contributed by atoms with van der Waals surface area (Å²) in [5, 5.41) is 0. The summed E-state index contributed by atoms with van der Waals surface area (Å²) in [7, 11) is 1.48. The SMILES string of the molecule is COCC(N)c1cnc(F)c(F)c1. The van der Waals surface area contributed by atoms with Gasteiger partial charge in [-0.1, -0.05) is 0 Å². The molecule has 1 aromatic rings. The molecule has 0 aliphatic rings. The second kappa shape index (κ2) is 4.25. The van der Waals surface area contributed by atoms with Crippen LogP contribution in [0.3, 0.4) is 0 Å². The van der Waals surface area contributed by atoms with Crippen LogP contribution in [0, 0.1) is 11.8 Å². The van der Waals surface area contributed by atoms with Crippen LogP contribution in [0.1, 0.15) is 11.6 Å². The molecular weight excluding hydrogens is 178 g/mol. The number of nitrogens with zero attached hydrogens (tertiary/aromatic N) is 1. The second-order valence-electron chi connectivity index (χ2n) is 2.60. The van der Waals surface area contributed by atoms with Gasteiger partial charge in [0.2, 0.25) is 5.95 Å². The molecule has 0 bridgehead atoms. The molecule has 0 saturated heterocycles. The first-order chi connectivity index (χ1) is 6.15. The molecule has 2 N–H and O–H groups in total. The zero-order chi connectivity index (χ0) is 9.84. The summed E-state index contributed by atoms with van der Waals surface area (Å²) < 4.78 is 29.8. The standard InChI is InChI=1S/C8H10F2N2O/c1-13-4-7(11)5-2-6(9)8(10)12-3-5/h2-3,7H,4,11H2,1H3. The van der Waals surface area contributed by atoms with Crippen LogP contribution in [0.15, 0.2) is 12.3 Å². The molecule has 3 nitrogen and oxygen atoms in total. The highest BCUT2D eigenvalue weighted by Gasteiger charge is 2.09. The summed E-state index contributed by atoms with van der Waals surface area (Å²) in [5.41, 5.74) is 5.99. The van der Waals surface area contributed by atoms with Crippen LogP contribution < -0.4 is 5.73 Å². The van der Waals surface area contributed by atoms with E-state index in [0.717, 1.165) is 6.07 Å². The molecule has 0 aliphatic heterocycles. The fourth-order valence-corrected chi connectivity index (χ4v) is 0.915. The molecule has 13 heavy (non-hydrogen) atoms. The van der Waals surface area contributed by atoms with E-state index >= 15 is 0 Å². The Morgan fingerprint density at radius 1 is 1.62 bits per heavy atom. The van der Waals surface area contributed by atoms with Crippen molar-refractivity contribution < 1.29 is 13.5 Å². The Bertz CT molecular complexity index is 293. The molecular formula is C8H10F2N2O. The Hall–Kier alpha value is -1.07. The number of pyridine rings is 1. The van der Waals surface area contributed by atoms with E-state index in [-0.39, 0.29) is 6.61 Å². The third-order valence-corrected chi connectivity index (χ3v) is 1.59. The third kappa shape index (κ3) is 2.43. The predicted molar refractivity (Wildman–Crippen MR) is 43.0 cm³/mol. The topological polar surface area (TPSA) is 48.1 Å². The van der Waals surface area contributed by atoms with E-state index in [4.69, 9.17) is 10.5 Å². The van der Waals surface area contributed by atoms with Crippen LogP contribution in [0.25, 0.3) is 0 Å². The molecule has 0 saturated carbocycles. The summed E-state index contributed by atoms with van der Waals surface area (Å²) in [6.07, 6.45) is 1.20. The van der Waals surface area contributed by atoms with Gasteiger partial charge in [0, 0.05) is 13.3 Å². The molecule has 5 heteroatoms. The van der Waals surface area contributed by atoms with Gasteiger partial charge in [0.05, 0.1) is 12.6 Å². The van der Waals surface area contributed by atoms with E-state index in [1.165, 1.54) is 13.3 Å². The number of hydrogen-bond acceptors (Lipinski definition) is 3. The molecule has 0 fully saturated rings. The molecule has 1 unspecified atom stereocenters. The Morgan fingerprint density at radius 2 is 2.31 bits per heavy atom. The maximum absolute atomic E-state index is 12.6. The fraction of sp³-hybridized carbons (Fsp3) is 0.375. The minimum Gasteiger partial charge on any atom is -0.383 e. The number of nitrogens with two attached hydrogens (primary N) is 1. The van der Waals surface area contributed by atoms with Crippen molar-refractivity contribution in [2.24, 2.45) is 5.73 Å². The average Bonchev–Trinajstić information content (AvgIpc) is 2.10. The Morgan fingerprint density at radius 3 is 2.85 bits per heavy atom. The van der Waals surface area contributed by atoms with Gasteiger partial charge in [-0.25, -0.2) is 9.37 Å². The number of rotatable bonds is 3. The molecule has 1 aromatic heterocycles. The van der Waals surface area contributed by atoms with E-state index in [1.807, 2.05) is 0 Å². The minimum atomic E-state index is -1.12. The van der Waals surface area contributed by atoms with Crippen molar-refractivity contribution in [1.82, 2.24) is 4.98 Å². The molecule has 72 valence electrons. The van der Waals surface area contributed by atoms with Gasteiger partial charge >= 0.3 is 0 Å². The highest BCUT2D eigenvalue weighted by atomic mass is 19.2. The third-order valence-electron chi connectivity index (χ3n) is 1.59. The van der Waals surface area contributed by atoms with Crippen molar-refractivity contribution in [3.05, 3.63) is 29.6 Å². The maximum Gasteiger partial charge on any atom is 0.248 e. The van der Waals surface area contributed by atoms with Crippen molar-refractivity contribution in [1.29, 1.82) is 0 Å². The molecule has 1 rings (SSSR count). The van der Waals surface area contributed by atoms with Crippen LogP contribution in [0.5, 0.6) is 0 Å². The smallest absolute Gasteiger partial charge is 0.248 e. The monoisotopic (exact) mass is 188 g/mol. The number of halogens is 2. The van der Waals surface area contributed by atoms with Gasteiger partial charge in [-0.2, -0.15) is 4.39 Å². The van der Waals surface area contributed by atoms with E-state index in [9.17, 15) is 8.78 Å². The summed E-state index contributed by atoms with van der Waals surface area (Å²) >= 11 is 0. The fourth-order valence-electron chi connectivity index (χ4n) is 0.915. The van der Waals surface area contributed by atoms with Crippen molar-refractivity contribution in [3.8, 4) is 0 Å². The highest BCUT2D eigenvalue weighted by Crippen LogP contribution is 2.12. The molecule has 0 radical (unpaired) electrons. The number of methoxy groups -OCH3 is 1. The lowest BCUT2D eigenvalue weighted by molar-refractivity contribution is 0.180. The summed E-state index contributed by atoms with van der Waals surface area (Å²) in [6, 6.07) is 0.541. The summed E-state index contributed by atoms with van der Waals surface area (Å²) in [4.78, 5) is 3.20. The number of hydrogen-bond donors (Lipinski definition) is 1. The number of aromatic nitrogens is 1. The van der Waals surface area contributed by atoms with Crippen LogP contribution in [0.2, 0.25) is 0 Å². The van der Waals surface area contributed by atoms with E-state index < -0.39 is 17.8 Å². The lowest BCUT2D eigenvalue weighted by atomic mass is 10.1. The van der Waals surface area contributed by atoms with Crippen LogP contribution in [-0.2, 0) is 4.74 Å². The Kier molecular flexibility index (Phi) is 3.27. The maximum atomic E-state index is 12.6. The van der Waals surface area contributed by atoms with Gasteiger partial charge in [-0.3, -0.25) is 0 Å². The van der Waals surface area contributed by atoms with Crippen LogP contribution in [-0.4, -0.2) is 18.7 Å². The molecule has 0 aromatic carbocycles. The Labute approximate surface area is 74.5 Å². The minimum absolute atomic E-state index is 0.243. The molecule has 1 atom stereocenters.